The molecule has 0 aromatic carbocycles. The first kappa shape index (κ1) is 23.3. The number of ether oxygens (including phenoxy) is 2. The average molecular weight is 497 g/mol. The van der Waals surface area contributed by atoms with Gasteiger partial charge in [0.05, 0.1) is 12.0 Å². The van der Waals surface area contributed by atoms with Crippen molar-refractivity contribution in [3.8, 4) is 5.75 Å². The van der Waals surface area contributed by atoms with Crippen LogP contribution in [0.15, 0.2) is 22.9 Å². The van der Waals surface area contributed by atoms with E-state index in [-0.39, 0.29) is 11.3 Å². The van der Waals surface area contributed by atoms with Crippen molar-refractivity contribution in [3.63, 3.8) is 0 Å². The Morgan fingerprint density at radius 3 is 2.63 bits per heavy atom. The van der Waals surface area contributed by atoms with E-state index < -0.39 is 8.07 Å². The number of pyridine rings is 1. The number of likely N-dealkylation sites (tertiary alicyclic amines) is 1. The highest BCUT2D eigenvalue weighted by Gasteiger charge is 2.32. The van der Waals surface area contributed by atoms with E-state index in [9.17, 15) is 4.79 Å². The van der Waals surface area contributed by atoms with Gasteiger partial charge in [0.15, 0.2) is 0 Å². The number of fused-ring (bicyclic) bond motifs is 1. The Hall–Kier alpha value is -1.38. The number of aromatic nitrogens is 2. The van der Waals surface area contributed by atoms with E-state index in [1.807, 2.05) is 21.7 Å². The third-order valence-electron chi connectivity index (χ3n) is 5.89. The summed E-state index contributed by atoms with van der Waals surface area (Å²) in [5, 5.41) is 0.982. The number of hydrogen-bond acceptors (Lipinski definition) is 4. The molecule has 0 spiro atoms. The largest absolute Gasteiger partial charge is 0.492 e. The first-order valence-electron chi connectivity index (χ1n) is 10.7. The zero-order valence-electron chi connectivity index (χ0n) is 18.8. The van der Waals surface area contributed by atoms with Crippen LogP contribution in [0.25, 0.3) is 11.0 Å². The minimum atomic E-state index is -1.10. The lowest BCUT2D eigenvalue weighted by molar-refractivity contribution is -0.131. The van der Waals surface area contributed by atoms with Gasteiger partial charge < -0.3 is 18.9 Å². The summed E-state index contributed by atoms with van der Waals surface area (Å²) in [4.78, 5) is 18.1. The maximum atomic E-state index is 11.6. The first-order chi connectivity index (χ1) is 14.1. The second-order valence-corrected chi connectivity index (χ2v) is 16.4. The van der Waals surface area contributed by atoms with E-state index in [4.69, 9.17) is 9.47 Å². The van der Waals surface area contributed by atoms with E-state index in [0.29, 0.717) is 13.3 Å². The molecular formula is C22H34BrN3O3Si. The second kappa shape index (κ2) is 9.40. The Balaban J connectivity index is 1.66. The van der Waals surface area contributed by atoms with Gasteiger partial charge in [-0.2, -0.15) is 0 Å². The van der Waals surface area contributed by atoms with Crippen molar-refractivity contribution in [3.05, 3.63) is 22.9 Å². The molecule has 3 heterocycles. The van der Waals surface area contributed by atoms with Crippen molar-refractivity contribution in [1.29, 1.82) is 0 Å². The lowest BCUT2D eigenvalue weighted by Crippen LogP contribution is -2.43. The Kier molecular flexibility index (Phi) is 7.30. The molecule has 1 saturated heterocycles. The molecule has 3 rings (SSSR count). The molecule has 2 aromatic heterocycles. The molecule has 6 nitrogen and oxygen atoms in total. The molecule has 0 N–H and O–H groups in total. The van der Waals surface area contributed by atoms with Gasteiger partial charge in [-0.25, -0.2) is 4.98 Å². The highest BCUT2D eigenvalue weighted by molar-refractivity contribution is 9.10. The molecule has 0 radical (unpaired) electrons. The standard InChI is InChI=1S/C22H34BrN3O3Si/c1-17(27)25-10-7-22(2,8-11-25)15-29-19-6-9-24-21-20(19)18(23)14-26(21)16-28-12-13-30(3,4)5/h6,9,14H,7-8,10-13,15-16H2,1-5H3. The fraction of sp³-hybridized carbons (Fsp3) is 0.636. The second-order valence-electron chi connectivity index (χ2n) is 9.91. The van der Waals surface area contributed by atoms with E-state index in [1.54, 1.807) is 13.1 Å². The Morgan fingerprint density at radius 1 is 1.30 bits per heavy atom. The summed E-state index contributed by atoms with van der Waals surface area (Å²) in [6, 6.07) is 3.08. The molecule has 8 heteroatoms. The van der Waals surface area contributed by atoms with Crippen LogP contribution in [0, 0.1) is 5.41 Å². The van der Waals surface area contributed by atoms with Crippen molar-refractivity contribution < 1.29 is 14.3 Å². The molecule has 1 amide bonds. The fourth-order valence-electron chi connectivity index (χ4n) is 3.66. The zero-order valence-corrected chi connectivity index (χ0v) is 21.4. The molecule has 2 aromatic rings. The van der Waals surface area contributed by atoms with Crippen LogP contribution in [0.4, 0.5) is 0 Å². The Labute approximate surface area is 189 Å². The van der Waals surface area contributed by atoms with Gasteiger partial charge in [0.25, 0.3) is 0 Å². The van der Waals surface area contributed by atoms with Crippen molar-refractivity contribution >= 4 is 40.9 Å². The normalized spacial score (nSPS) is 16.8. The molecule has 0 atom stereocenters. The molecule has 166 valence electrons. The molecule has 1 fully saturated rings. The van der Waals surface area contributed by atoms with Crippen LogP contribution in [0.1, 0.15) is 26.7 Å². The third kappa shape index (κ3) is 5.86. The van der Waals surface area contributed by atoms with Gasteiger partial charge in [-0.05, 0) is 40.9 Å². The van der Waals surface area contributed by atoms with Gasteiger partial charge in [0, 0.05) is 57.0 Å². The molecular weight excluding hydrogens is 462 g/mol. The van der Waals surface area contributed by atoms with E-state index in [0.717, 1.165) is 59.8 Å². The van der Waals surface area contributed by atoms with E-state index in [2.05, 4.69) is 47.5 Å². The first-order valence-corrected chi connectivity index (χ1v) is 15.2. The highest BCUT2D eigenvalue weighted by Crippen LogP contribution is 2.36. The SMILES string of the molecule is CC(=O)N1CCC(C)(COc2ccnc3c2c(Br)cn3COCC[Si](C)(C)C)CC1. The van der Waals surface area contributed by atoms with Gasteiger partial charge in [0.2, 0.25) is 5.91 Å². The van der Waals surface area contributed by atoms with Crippen LogP contribution >= 0.6 is 15.9 Å². The summed E-state index contributed by atoms with van der Waals surface area (Å²) in [5.74, 6) is 0.995. The quantitative estimate of drug-likeness (QED) is 0.375. The maximum Gasteiger partial charge on any atom is 0.219 e. The molecule has 0 saturated carbocycles. The lowest BCUT2D eigenvalue weighted by atomic mass is 9.81. The monoisotopic (exact) mass is 495 g/mol. The van der Waals surface area contributed by atoms with Crippen molar-refractivity contribution in [2.45, 2.75) is 59.1 Å². The minimum Gasteiger partial charge on any atom is -0.492 e. The molecule has 0 unspecified atom stereocenters. The smallest absolute Gasteiger partial charge is 0.219 e. The van der Waals surface area contributed by atoms with Crippen LogP contribution < -0.4 is 4.74 Å². The van der Waals surface area contributed by atoms with Gasteiger partial charge in [-0.3, -0.25) is 4.79 Å². The van der Waals surface area contributed by atoms with Gasteiger partial charge >= 0.3 is 0 Å². The lowest BCUT2D eigenvalue weighted by Gasteiger charge is -2.38. The predicted molar refractivity (Wildman–Crippen MR) is 127 cm³/mol. The average Bonchev–Trinajstić information content (AvgIpc) is 3.00. The van der Waals surface area contributed by atoms with Crippen molar-refractivity contribution in [2.75, 3.05) is 26.3 Å². The molecule has 30 heavy (non-hydrogen) atoms. The van der Waals surface area contributed by atoms with Crippen molar-refractivity contribution in [2.24, 2.45) is 5.41 Å². The van der Waals surface area contributed by atoms with E-state index >= 15 is 0 Å². The predicted octanol–water partition coefficient (Wildman–Crippen LogP) is 5.14. The van der Waals surface area contributed by atoms with Gasteiger partial charge in [0.1, 0.15) is 18.1 Å². The van der Waals surface area contributed by atoms with Gasteiger partial charge in [-0.1, -0.05) is 26.6 Å². The highest BCUT2D eigenvalue weighted by atomic mass is 79.9. The maximum absolute atomic E-state index is 11.6. The number of amides is 1. The summed E-state index contributed by atoms with van der Waals surface area (Å²) in [5.41, 5.74) is 0.931. The number of carbonyl (C=O) groups excluding carboxylic acids is 1. The number of halogens is 1. The third-order valence-corrected chi connectivity index (χ3v) is 8.20. The molecule has 1 aliphatic rings. The van der Waals surface area contributed by atoms with Crippen LogP contribution in [0.2, 0.25) is 25.7 Å². The zero-order chi connectivity index (χ0) is 21.9. The fourth-order valence-corrected chi connectivity index (χ4v) is 5.03. The molecule has 0 aliphatic carbocycles. The van der Waals surface area contributed by atoms with Crippen LogP contribution in [-0.2, 0) is 16.3 Å². The number of hydrogen-bond donors (Lipinski definition) is 0. The number of piperidine rings is 1. The summed E-state index contributed by atoms with van der Waals surface area (Å²) in [6.07, 6.45) is 5.72. The van der Waals surface area contributed by atoms with Gasteiger partial charge in [-0.15, -0.1) is 0 Å². The van der Waals surface area contributed by atoms with Crippen LogP contribution in [-0.4, -0.2) is 54.7 Å². The number of nitrogens with zero attached hydrogens (tertiary/aromatic N) is 3. The number of rotatable bonds is 8. The number of carbonyl (C=O) groups is 1. The summed E-state index contributed by atoms with van der Waals surface area (Å²) < 4.78 is 15.2. The Morgan fingerprint density at radius 2 is 2.00 bits per heavy atom. The Bertz CT molecular complexity index is 886. The minimum absolute atomic E-state index is 0.0660. The summed E-state index contributed by atoms with van der Waals surface area (Å²) in [6.45, 7) is 14.4. The summed E-state index contributed by atoms with van der Waals surface area (Å²) in [7, 11) is -1.10. The topological polar surface area (TPSA) is 56.6 Å². The van der Waals surface area contributed by atoms with Crippen LogP contribution in [0.5, 0.6) is 5.75 Å². The summed E-state index contributed by atoms with van der Waals surface area (Å²) >= 11 is 3.68. The molecule has 1 aliphatic heterocycles. The van der Waals surface area contributed by atoms with Crippen LogP contribution in [0.3, 0.4) is 0 Å². The van der Waals surface area contributed by atoms with Crippen molar-refractivity contribution in [1.82, 2.24) is 14.5 Å². The van der Waals surface area contributed by atoms with E-state index in [1.165, 1.54) is 0 Å². The molecule has 0 bridgehead atoms.